The molecule has 0 aliphatic heterocycles. The Bertz CT molecular complexity index is 1420. The SMILES string of the molecule is CCc1ccc(CC(=O)Nc2ccc(S(N)(=O)=O)cc2C)cc1Oc1cc(C#N)cc(F)c1Cl. The first-order chi connectivity index (χ1) is 16.0. The van der Waals surface area contributed by atoms with Gasteiger partial charge in [0.2, 0.25) is 15.9 Å². The summed E-state index contributed by atoms with van der Waals surface area (Å²) in [5, 5.41) is 16.7. The summed E-state index contributed by atoms with van der Waals surface area (Å²) < 4.78 is 42.8. The number of nitrogens with two attached hydrogens (primary N) is 1. The molecule has 3 aromatic carbocycles. The lowest BCUT2D eigenvalue weighted by Crippen LogP contribution is -2.16. The monoisotopic (exact) mass is 501 g/mol. The van der Waals surface area contributed by atoms with Crippen LogP contribution in [0.3, 0.4) is 0 Å². The highest BCUT2D eigenvalue weighted by atomic mass is 35.5. The molecule has 34 heavy (non-hydrogen) atoms. The smallest absolute Gasteiger partial charge is 0.238 e. The first-order valence-corrected chi connectivity index (χ1v) is 12.1. The number of nitrogens with zero attached hydrogens (tertiary/aromatic N) is 1. The van der Waals surface area contributed by atoms with E-state index in [-0.39, 0.29) is 33.6 Å². The van der Waals surface area contributed by atoms with Crippen molar-refractivity contribution in [1.82, 2.24) is 0 Å². The third kappa shape index (κ3) is 5.91. The van der Waals surface area contributed by atoms with Crippen LogP contribution in [0, 0.1) is 24.1 Å². The Morgan fingerprint density at radius 1 is 1.18 bits per heavy atom. The highest BCUT2D eigenvalue weighted by Crippen LogP contribution is 2.35. The van der Waals surface area contributed by atoms with Crippen molar-refractivity contribution in [1.29, 1.82) is 5.26 Å². The number of hydrogen-bond acceptors (Lipinski definition) is 5. The molecule has 10 heteroatoms. The number of carbonyl (C=O) groups excluding carboxylic acids is 1. The number of amides is 1. The summed E-state index contributed by atoms with van der Waals surface area (Å²) >= 11 is 6.02. The summed E-state index contributed by atoms with van der Waals surface area (Å²) in [6, 6.07) is 13.6. The number of hydrogen-bond donors (Lipinski definition) is 2. The first kappa shape index (κ1) is 25.2. The van der Waals surface area contributed by atoms with Gasteiger partial charge in [-0.3, -0.25) is 4.79 Å². The molecule has 0 unspecified atom stereocenters. The van der Waals surface area contributed by atoms with E-state index in [1.165, 1.54) is 24.3 Å². The first-order valence-electron chi connectivity index (χ1n) is 10.1. The lowest BCUT2D eigenvalue weighted by Gasteiger charge is -2.14. The van der Waals surface area contributed by atoms with Crippen molar-refractivity contribution in [2.75, 3.05) is 5.32 Å². The second-order valence-corrected chi connectivity index (χ2v) is 9.47. The van der Waals surface area contributed by atoms with Gasteiger partial charge in [0.1, 0.15) is 22.3 Å². The summed E-state index contributed by atoms with van der Waals surface area (Å²) in [6.45, 7) is 3.57. The number of nitriles is 1. The van der Waals surface area contributed by atoms with Gasteiger partial charge in [-0.1, -0.05) is 30.7 Å². The normalized spacial score (nSPS) is 11.1. The van der Waals surface area contributed by atoms with Gasteiger partial charge in [-0.25, -0.2) is 17.9 Å². The highest BCUT2D eigenvalue weighted by molar-refractivity contribution is 7.89. The van der Waals surface area contributed by atoms with Crippen LogP contribution >= 0.6 is 11.6 Å². The number of sulfonamides is 1. The number of aryl methyl sites for hydroxylation is 2. The molecule has 0 aromatic heterocycles. The van der Waals surface area contributed by atoms with Crippen LogP contribution in [0.25, 0.3) is 0 Å². The topological polar surface area (TPSA) is 122 Å². The fourth-order valence-electron chi connectivity index (χ4n) is 3.25. The van der Waals surface area contributed by atoms with E-state index in [2.05, 4.69) is 5.32 Å². The van der Waals surface area contributed by atoms with Crippen molar-refractivity contribution < 1.29 is 22.3 Å². The van der Waals surface area contributed by atoms with Crippen LogP contribution < -0.4 is 15.2 Å². The maximum Gasteiger partial charge on any atom is 0.238 e. The second-order valence-electron chi connectivity index (χ2n) is 7.53. The van der Waals surface area contributed by atoms with Crippen molar-refractivity contribution in [3.63, 3.8) is 0 Å². The molecular formula is C24H21ClFN3O4S. The number of benzene rings is 3. The zero-order chi connectivity index (χ0) is 25.0. The van der Waals surface area contributed by atoms with Gasteiger partial charge in [0.25, 0.3) is 0 Å². The summed E-state index contributed by atoms with van der Waals surface area (Å²) in [6.07, 6.45) is 0.604. The fourth-order valence-corrected chi connectivity index (χ4v) is 4.00. The molecule has 0 aliphatic carbocycles. The number of ether oxygens (including phenoxy) is 1. The molecular weight excluding hydrogens is 481 g/mol. The molecule has 0 saturated heterocycles. The van der Waals surface area contributed by atoms with E-state index >= 15 is 0 Å². The van der Waals surface area contributed by atoms with Gasteiger partial charge in [0, 0.05) is 11.8 Å². The molecule has 0 heterocycles. The Morgan fingerprint density at radius 2 is 1.91 bits per heavy atom. The molecule has 0 radical (unpaired) electrons. The summed E-state index contributed by atoms with van der Waals surface area (Å²) in [7, 11) is -3.84. The van der Waals surface area contributed by atoms with E-state index < -0.39 is 15.8 Å². The van der Waals surface area contributed by atoms with Gasteiger partial charge >= 0.3 is 0 Å². The largest absolute Gasteiger partial charge is 0.455 e. The van der Waals surface area contributed by atoms with E-state index in [0.29, 0.717) is 29.0 Å². The lowest BCUT2D eigenvalue weighted by molar-refractivity contribution is -0.115. The van der Waals surface area contributed by atoms with Crippen molar-refractivity contribution in [2.45, 2.75) is 31.6 Å². The molecule has 1 amide bonds. The summed E-state index contributed by atoms with van der Waals surface area (Å²) in [4.78, 5) is 12.6. The Morgan fingerprint density at radius 3 is 2.53 bits per heavy atom. The van der Waals surface area contributed by atoms with Crippen molar-refractivity contribution in [3.05, 3.63) is 81.6 Å². The molecule has 0 bridgehead atoms. The summed E-state index contributed by atoms with van der Waals surface area (Å²) in [5.41, 5.74) is 2.48. The van der Waals surface area contributed by atoms with Gasteiger partial charge in [0.05, 0.1) is 22.9 Å². The lowest BCUT2D eigenvalue weighted by atomic mass is 10.1. The molecule has 0 atom stereocenters. The number of rotatable bonds is 7. The molecule has 0 aliphatic rings. The van der Waals surface area contributed by atoms with E-state index in [4.69, 9.17) is 26.7 Å². The third-order valence-corrected chi connectivity index (χ3v) is 6.30. The molecule has 3 aromatic rings. The maximum atomic E-state index is 14.0. The summed E-state index contributed by atoms with van der Waals surface area (Å²) in [5.74, 6) is -0.719. The predicted molar refractivity (Wildman–Crippen MR) is 127 cm³/mol. The fraction of sp³-hybridized carbons (Fsp3) is 0.167. The Balaban J connectivity index is 1.82. The average molecular weight is 502 g/mol. The second kappa shape index (κ2) is 10.2. The van der Waals surface area contributed by atoms with Gasteiger partial charge in [0.15, 0.2) is 0 Å². The minimum absolute atomic E-state index is 0.0000822. The zero-order valence-corrected chi connectivity index (χ0v) is 19.9. The van der Waals surface area contributed by atoms with Crippen molar-refractivity contribution in [3.8, 4) is 17.6 Å². The van der Waals surface area contributed by atoms with E-state index in [0.717, 1.165) is 11.6 Å². The van der Waals surface area contributed by atoms with Crippen LogP contribution in [0.4, 0.5) is 10.1 Å². The van der Waals surface area contributed by atoms with Crippen molar-refractivity contribution >= 4 is 33.2 Å². The third-order valence-electron chi connectivity index (χ3n) is 5.02. The van der Waals surface area contributed by atoms with E-state index in [1.807, 2.05) is 13.0 Å². The maximum absolute atomic E-state index is 14.0. The van der Waals surface area contributed by atoms with Crippen LogP contribution in [-0.2, 0) is 27.7 Å². The Labute approximate surface area is 202 Å². The molecule has 7 nitrogen and oxygen atoms in total. The predicted octanol–water partition coefficient (Wildman–Crippen LogP) is 4.84. The van der Waals surface area contributed by atoms with Crippen LogP contribution in [-0.4, -0.2) is 14.3 Å². The molecule has 0 fully saturated rings. The van der Waals surface area contributed by atoms with Gasteiger partial charge in [-0.2, -0.15) is 5.26 Å². The minimum atomic E-state index is -3.84. The van der Waals surface area contributed by atoms with Gasteiger partial charge in [-0.05, 0) is 60.4 Å². The highest BCUT2D eigenvalue weighted by Gasteiger charge is 2.15. The number of carbonyl (C=O) groups is 1. The van der Waals surface area contributed by atoms with Crippen LogP contribution in [0.1, 0.15) is 29.2 Å². The molecule has 176 valence electrons. The van der Waals surface area contributed by atoms with Crippen LogP contribution in [0.15, 0.2) is 53.4 Å². The Kier molecular flexibility index (Phi) is 7.57. The quantitative estimate of drug-likeness (QED) is 0.479. The van der Waals surface area contributed by atoms with E-state index in [1.54, 1.807) is 25.1 Å². The number of anilines is 1. The number of halogens is 2. The van der Waals surface area contributed by atoms with Crippen LogP contribution in [0.2, 0.25) is 5.02 Å². The minimum Gasteiger partial charge on any atom is -0.455 e. The van der Waals surface area contributed by atoms with Crippen LogP contribution in [0.5, 0.6) is 11.5 Å². The number of primary sulfonamides is 1. The standard InChI is InChI=1S/C24H21ClFN3O4S/c1-3-17-5-4-15(10-21(17)33-22-11-16(13-27)9-19(26)24(22)25)12-23(30)29-20-7-6-18(8-14(20)2)34(28,31)32/h4-11H,3,12H2,1-2H3,(H,29,30)(H2,28,31,32). The molecule has 3 N–H and O–H groups in total. The average Bonchev–Trinajstić information content (AvgIpc) is 2.77. The molecule has 3 rings (SSSR count). The number of nitrogens with one attached hydrogen (secondary N) is 1. The Hall–Kier alpha value is -3.45. The zero-order valence-electron chi connectivity index (χ0n) is 18.4. The van der Waals surface area contributed by atoms with Gasteiger partial charge in [-0.15, -0.1) is 0 Å². The van der Waals surface area contributed by atoms with E-state index in [9.17, 15) is 17.6 Å². The van der Waals surface area contributed by atoms with Crippen molar-refractivity contribution in [2.24, 2.45) is 5.14 Å². The molecule has 0 spiro atoms. The van der Waals surface area contributed by atoms with Gasteiger partial charge < -0.3 is 10.1 Å². The molecule has 0 saturated carbocycles.